The molecule has 92 valence electrons. The first-order valence-electron chi connectivity index (χ1n) is 6.07. The molecule has 0 aliphatic rings. The molecule has 0 amide bonds. The second kappa shape index (κ2) is 12.3. The summed E-state index contributed by atoms with van der Waals surface area (Å²) in [6, 6.07) is 0. The van der Waals surface area contributed by atoms with E-state index >= 15 is 0 Å². The van der Waals surface area contributed by atoms with Gasteiger partial charge in [0.15, 0.2) is 0 Å². The highest BCUT2D eigenvalue weighted by atomic mass is 32.1. The van der Waals surface area contributed by atoms with E-state index in [2.05, 4.69) is 26.5 Å². The van der Waals surface area contributed by atoms with Crippen LogP contribution >= 0.6 is 12.6 Å². The van der Waals surface area contributed by atoms with E-state index in [-0.39, 0.29) is 0 Å². The molecule has 0 rings (SSSR count). The first-order valence-corrected chi connectivity index (χ1v) is 6.70. The van der Waals surface area contributed by atoms with E-state index in [9.17, 15) is 0 Å². The summed E-state index contributed by atoms with van der Waals surface area (Å²) in [6.45, 7) is 7.61. The Morgan fingerprint density at radius 1 is 1.00 bits per heavy atom. The number of hydrogen-bond acceptors (Lipinski definition) is 3. The molecule has 0 aromatic rings. The van der Waals surface area contributed by atoms with Gasteiger partial charge in [0, 0.05) is 13.2 Å². The van der Waals surface area contributed by atoms with Crippen molar-refractivity contribution in [2.24, 2.45) is 5.92 Å². The molecule has 0 radical (unpaired) electrons. The van der Waals surface area contributed by atoms with Crippen molar-refractivity contribution in [1.29, 1.82) is 0 Å². The van der Waals surface area contributed by atoms with Gasteiger partial charge in [0.2, 0.25) is 0 Å². The summed E-state index contributed by atoms with van der Waals surface area (Å²) in [4.78, 5) is 0. The van der Waals surface area contributed by atoms with Crippen LogP contribution in [0.3, 0.4) is 0 Å². The largest absolute Gasteiger partial charge is 0.379 e. The molecule has 3 heteroatoms. The SMILES string of the molecule is CCCCOCCOCCC(C)CCS. The molecule has 1 atom stereocenters. The number of hydrogen-bond donors (Lipinski definition) is 1. The second-order valence-corrected chi connectivity index (χ2v) is 4.43. The molecule has 0 N–H and O–H groups in total. The van der Waals surface area contributed by atoms with Crippen LogP contribution in [0, 0.1) is 5.92 Å². The first kappa shape index (κ1) is 15.3. The standard InChI is InChI=1S/C12H26O2S/c1-3-4-7-13-9-10-14-8-5-12(2)6-11-15/h12,15H,3-11H2,1-2H3. The Morgan fingerprint density at radius 3 is 2.27 bits per heavy atom. The van der Waals surface area contributed by atoms with Crippen LogP contribution in [0.15, 0.2) is 0 Å². The third-order valence-electron chi connectivity index (χ3n) is 2.39. The maximum absolute atomic E-state index is 5.48. The van der Waals surface area contributed by atoms with Crippen LogP contribution in [0.25, 0.3) is 0 Å². The van der Waals surface area contributed by atoms with E-state index in [1.165, 1.54) is 12.8 Å². The molecule has 0 aromatic carbocycles. The molecule has 1 unspecified atom stereocenters. The summed E-state index contributed by atoms with van der Waals surface area (Å²) < 4.78 is 10.9. The zero-order valence-electron chi connectivity index (χ0n) is 10.2. The van der Waals surface area contributed by atoms with Crippen LogP contribution in [0.2, 0.25) is 0 Å². The average Bonchev–Trinajstić information content (AvgIpc) is 2.22. The van der Waals surface area contributed by atoms with Crippen LogP contribution in [0.5, 0.6) is 0 Å². The molecule has 0 heterocycles. The summed E-state index contributed by atoms with van der Waals surface area (Å²) in [5.41, 5.74) is 0. The summed E-state index contributed by atoms with van der Waals surface area (Å²) in [7, 11) is 0. The molecule has 0 saturated carbocycles. The Morgan fingerprint density at radius 2 is 1.67 bits per heavy atom. The van der Waals surface area contributed by atoms with Crippen molar-refractivity contribution >= 4 is 12.6 Å². The molecule has 0 spiro atoms. The van der Waals surface area contributed by atoms with E-state index in [1.807, 2.05) is 0 Å². The van der Waals surface area contributed by atoms with Crippen molar-refractivity contribution in [2.45, 2.75) is 39.5 Å². The van der Waals surface area contributed by atoms with Gasteiger partial charge in [-0.25, -0.2) is 0 Å². The van der Waals surface area contributed by atoms with E-state index < -0.39 is 0 Å². The minimum atomic E-state index is 0.725. The minimum Gasteiger partial charge on any atom is -0.379 e. The first-order chi connectivity index (χ1) is 7.31. The van der Waals surface area contributed by atoms with Crippen molar-refractivity contribution in [3.05, 3.63) is 0 Å². The molecular weight excluding hydrogens is 208 g/mol. The quantitative estimate of drug-likeness (QED) is 0.437. The van der Waals surface area contributed by atoms with E-state index in [4.69, 9.17) is 9.47 Å². The molecule has 0 aliphatic carbocycles. The highest BCUT2D eigenvalue weighted by Crippen LogP contribution is 2.07. The normalized spacial score (nSPS) is 13.0. The van der Waals surface area contributed by atoms with Gasteiger partial charge in [-0.3, -0.25) is 0 Å². The van der Waals surface area contributed by atoms with Gasteiger partial charge in [-0.2, -0.15) is 12.6 Å². The van der Waals surface area contributed by atoms with E-state index in [0.29, 0.717) is 0 Å². The fraction of sp³-hybridized carbons (Fsp3) is 1.00. The second-order valence-electron chi connectivity index (χ2n) is 3.98. The third-order valence-corrected chi connectivity index (χ3v) is 2.65. The minimum absolute atomic E-state index is 0.725. The topological polar surface area (TPSA) is 18.5 Å². The lowest BCUT2D eigenvalue weighted by Crippen LogP contribution is -2.08. The fourth-order valence-corrected chi connectivity index (χ4v) is 1.66. The summed E-state index contributed by atoms with van der Waals surface area (Å²) in [5, 5.41) is 0. The maximum Gasteiger partial charge on any atom is 0.0700 e. The lowest BCUT2D eigenvalue weighted by molar-refractivity contribution is 0.0424. The molecule has 0 bridgehead atoms. The van der Waals surface area contributed by atoms with Crippen molar-refractivity contribution in [3.8, 4) is 0 Å². The molecule has 15 heavy (non-hydrogen) atoms. The highest BCUT2D eigenvalue weighted by Gasteiger charge is 2.00. The highest BCUT2D eigenvalue weighted by molar-refractivity contribution is 7.80. The zero-order valence-corrected chi connectivity index (χ0v) is 11.1. The van der Waals surface area contributed by atoms with Gasteiger partial charge in [-0.1, -0.05) is 20.3 Å². The van der Waals surface area contributed by atoms with Gasteiger partial charge < -0.3 is 9.47 Å². The lowest BCUT2D eigenvalue weighted by atomic mass is 10.1. The van der Waals surface area contributed by atoms with Crippen molar-refractivity contribution in [2.75, 3.05) is 32.2 Å². The van der Waals surface area contributed by atoms with Crippen LogP contribution in [-0.4, -0.2) is 32.2 Å². The Bertz CT molecular complexity index is 120. The summed E-state index contributed by atoms with van der Waals surface area (Å²) in [6.07, 6.45) is 4.66. The van der Waals surface area contributed by atoms with Gasteiger partial charge >= 0.3 is 0 Å². The molecule has 0 aliphatic heterocycles. The lowest BCUT2D eigenvalue weighted by Gasteiger charge is -2.10. The summed E-state index contributed by atoms with van der Waals surface area (Å²) in [5.74, 6) is 1.70. The average molecular weight is 234 g/mol. The van der Waals surface area contributed by atoms with Crippen LogP contribution in [-0.2, 0) is 9.47 Å². The molecule has 0 saturated heterocycles. The predicted molar refractivity (Wildman–Crippen MR) is 68.8 cm³/mol. The zero-order chi connectivity index (χ0) is 11.4. The van der Waals surface area contributed by atoms with Crippen molar-refractivity contribution in [3.63, 3.8) is 0 Å². The number of unbranched alkanes of at least 4 members (excludes halogenated alkanes) is 1. The van der Waals surface area contributed by atoms with Gasteiger partial charge in [-0.15, -0.1) is 0 Å². The molecule has 0 fully saturated rings. The van der Waals surface area contributed by atoms with E-state index in [1.54, 1.807) is 0 Å². The van der Waals surface area contributed by atoms with Gasteiger partial charge in [0.05, 0.1) is 13.2 Å². The van der Waals surface area contributed by atoms with Gasteiger partial charge in [-0.05, 0) is 30.9 Å². The fourth-order valence-electron chi connectivity index (χ4n) is 1.22. The molecular formula is C12H26O2S. The predicted octanol–water partition coefficient (Wildman–Crippen LogP) is 3.17. The Labute approximate surface area is 100 Å². The molecule has 0 aromatic heterocycles. The van der Waals surface area contributed by atoms with Crippen LogP contribution in [0.1, 0.15) is 39.5 Å². The van der Waals surface area contributed by atoms with Gasteiger partial charge in [0.1, 0.15) is 0 Å². The van der Waals surface area contributed by atoms with E-state index in [0.717, 1.165) is 50.9 Å². The Balaban J connectivity index is 2.98. The van der Waals surface area contributed by atoms with Crippen LogP contribution in [0.4, 0.5) is 0 Å². The third kappa shape index (κ3) is 12.2. The number of rotatable bonds is 11. The maximum atomic E-state index is 5.48. The monoisotopic (exact) mass is 234 g/mol. The van der Waals surface area contributed by atoms with Crippen molar-refractivity contribution < 1.29 is 9.47 Å². The smallest absolute Gasteiger partial charge is 0.0700 e. The number of thiol groups is 1. The Hall–Kier alpha value is 0.270. The van der Waals surface area contributed by atoms with Crippen LogP contribution < -0.4 is 0 Å². The molecule has 2 nitrogen and oxygen atoms in total. The Kier molecular flexibility index (Phi) is 12.6. The van der Waals surface area contributed by atoms with Crippen molar-refractivity contribution in [1.82, 2.24) is 0 Å². The van der Waals surface area contributed by atoms with Gasteiger partial charge in [0.25, 0.3) is 0 Å². The number of ether oxygens (including phenoxy) is 2. The summed E-state index contributed by atoms with van der Waals surface area (Å²) >= 11 is 4.21.